The van der Waals surface area contributed by atoms with Crippen LogP contribution in [0.5, 0.6) is 0 Å². The van der Waals surface area contributed by atoms with Gasteiger partial charge in [-0.25, -0.2) is 0 Å². The molecule has 0 saturated heterocycles. The van der Waals surface area contributed by atoms with Crippen molar-refractivity contribution in [2.75, 3.05) is 0 Å². The lowest BCUT2D eigenvalue weighted by molar-refractivity contribution is -0.209. The molecule has 0 amide bonds. The molecule has 4 aliphatic carbocycles. The predicted molar refractivity (Wildman–Crippen MR) is 105 cm³/mol. The highest BCUT2D eigenvalue weighted by atomic mass is 16.5. The van der Waals surface area contributed by atoms with E-state index in [1.165, 1.54) is 6.92 Å². The van der Waals surface area contributed by atoms with Crippen molar-refractivity contribution in [2.45, 2.75) is 103 Å². The Balaban J connectivity index is 1.58. The number of aliphatic hydroxyl groups excluding tert-OH is 2. The third-order valence-electron chi connectivity index (χ3n) is 9.88. The van der Waals surface area contributed by atoms with Crippen LogP contribution in [0.3, 0.4) is 0 Å². The van der Waals surface area contributed by atoms with Gasteiger partial charge in [0.25, 0.3) is 0 Å². The Labute approximate surface area is 168 Å². The summed E-state index contributed by atoms with van der Waals surface area (Å²) in [5, 5.41) is 32.5. The number of hydrogen-bond acceptors (Lipinski definition) is 5. The molecule has 5 heteroatoms. The lowest BCUT2D eigenvalue weighted by Crippen LogP contribution is -2.61. The molecule has 0 radical (unpaired) electrons. The minimum atomic E-state index is -1.41. The average Bonchev–Trinajstić information content (AvgIpc) is 2.83. The van der Waals surface area contributed by atoms with E-state index in [1.807, 2.05) is 0 Å². The van der Waals surface area contributed by atoms with Crippen LogP contribution in [0.2, 0.25) is 0 Å². The number of hydrogen-bond donors (Lipinski definition) is 3. The lowest BCUT2D eigenvalue weighted by Gasteiger charge is -2.61. The minimum Gasteiger partial charge on any atom is -0.463 e. The van der Waals surface area contributed by atoms with Crippen molar-refractivity contribution >= 4 is 5.97 Å². The van der Waals surface area contributed by atoms with Crippen molar-refractivity contribution < 1.29 is 24.9 Å². The Morgan fingerprint density at radius 3 is 2.43 bits per heavy atom. The zero-order valence-electron chi connectivity index (χ0n) is 17.9. The van der Waals surface area contributed by atoms with E-state index in [0.29, 0.717) is 24.2 Å². The number of fused-ring (bicyclic) bond motifs is 5. The molecule has 3 N–H and O–H groups in total. The second-order valence-corrected chi connectivity index (χ2v) is 10.9. The first-order chi connectivity index (χ1) is 13.0. The molecule has 0 spiro atoms. The summed E-state index contributed by atoms with van der Waals surface area (Å²) in [5.74, 6) is 1.75. The molecule has 4 rings (SSSR count). The summed E-state index contributed by atoms with van der Waals surface area (Å²) in [4.78, 5) is 11.4. The Hall–Kier alpha value is -0.650. The molecule has 5 nitrogen and oxygen atoms in total. The normalized spacial score (nSPS) is 54.2. The summed E-state index contributed by atoms with van der Waals surface area (Å²) >= 11 is 0. The SMILES string of the molecule is CC(=O)O[C@H]1CC[C@@]2(C)[C@@H](CC[C@H]3[C@H]2CC[C@@]2(C)[C@H]3C[C@@H](O)[C@]2(O)[C@H](C)O)C1. The molecule has 0 aromatic heterocycles. The van der Waals surface area contributed by atoms with Gasteiger partial charge in [-0.05, 0) is 87.4 Å². The Bertz CT molecular complexity index is 634. The van der Waals surface area contributed by atoms with E-state index < -0.39 is 23.2 Å². The van der Waals surface area contributed by atoms with Crippen LogP contribution in [0.15, 0.2) is 0 Å². The average molecular weight is 395 g/mol. The van der Waals surface area contributed by atoms with Gasteiger partial charge in [0.05, 0.1) is 12.2 Å². The molecular weight excluding hydrogens is 356 g/mol. The number of aliphatic hydroxyl groups is 3. The molecule has 4 saturated carbocycles. The number of carbonyl (C=O) groups is 1. The van der Waals surface area contributed by atoms with Gasteiger partial charge in [0.2, 0.25) is 0 Å². The molecule has 10 atom stereocenters. The van der Waals surface area contributed by atoms with Crippen LogP contribution in [0.4, 0.5) is 0 Å². The van der Waals surface area contributed by atoms with Crippen molar-refractivity contribution in [3.05, 3.63) is 0 Å². The van der Waals surface area contributed by atoms with Gasteiger partial charge in [0, 0.05) is 12.3 Å². The van der Waals surface area contributed by atoms with Crippen LogP contribution in [0.1, 0.15) is 79.1 Å². The zero-order valence-corrected chi connectivity index (χ0v) is 17.9. The fraction of sp³-hybridized carbons (Fsp3) is 0.957. The highest BCUT2D eigenvalue weighted by Gasteiger charge is 2.69. The molecule has 4 aliphatic rings. The summed E-state index contributed by atoms with van der Waals surface area (Å²) in [6, 6.07) is 0. The van der Waals surface area contributed by atoms with E-state index >= 15 is 0 Å². The van der Waals surface area contributed by atoms with Crippen molar-refractivity contribution in [3.63, 3.8) is 0 Å². The maximum atomic E-state index is 11.4. The molecule has 160 valence electrons. The van der Waals surface area contributed by atoms with Crippen LogP contribution in [-0.4, -0.2) is 45.2 Å². The molecular formula is C23H38O5. The monoisotopic (exact) mass is 394 g/mol. The van der Waals surface area contributed by atoms with Crippen LogP contribution in [0, 0.1) is 34.5 Å². The Kier molecular flexibility index (Phi) is 4.92. The maximum Gasteiger partial charge on any atom is 0.302 e. The first-order valence-corrected chi connectivity index (χ1v) is 11.3. The Morgan fingerprint density at radius 1 is 1.07 bits per heavy atom. The summed E-state index contributed by atoms with van der Waals surface area (Å²) in [6.07, 6.45) is 6.02. The molecule has 0 aliphatic heterocycles. The number of esters is 1. The number of rotatable bonds is 2. The minimum absolute atomic E-state index is 0.0645. The number of ether oxygens (including phenoxy) is 1. The zero-order chi connectivity index (χ0) is 20.5. The number of carbonyl (C=O) groups excluding carboxylic acids is 1. The van der Waals surface area contributed by atoms with E-state index in [-0.39, 0.29) is 23.4 Å². The van der Waals surface area contributed by atoms with E-state index in [1.54, 1.807) is 6.92 Å². The van der Waals surface area contributed by atoms with Crippen LogP contribution >= 0.6 is 0 Å². The molecule has 4 fully saturated rings. The van der Waals surface area contributed by atoms with Crippen molar-refractivity contribution in [2.24, 2.45) is 34.5 Å². The van der Waals surface area contributed by atoms with Gasteiger partial charge < -0.3 is 20.1 Å². The van der Waals surface area contributed by atoms with Gasteiger partial charge in [-0.3, -0.25) is 4.79 Å². The summed E-state index contributed by atoms with van der Waals surface area (Å²) < 4.78 is 5.54. The van der Waals surface area contributed by atoms with Gasteiger partial charge in [0.1, 0.15) is 11.7 Å². The third-order valence-corrected chi connectivity index (χ3v) is 9.88. The van der Waals surface area contributed by atoms with Gasteiger partial charge in [-0.1, -0.05) is 13.8 Å². The molecule has 0 unspecified atom stereocenters. The molecule has 0 heterocycles. The summed E-state index contributed by atoms with van der Waals surface area (Å²) in [5.41, 5.74) is -1.59. The van der Waals surface area contributed by atoms with Gasteiger partial charge in [-0.2, -0.15) is 0 Å². The third kappa shape index (κ3) is 2.65. The highest BCUT2D eigenvalue weighted by Crippen LogP contribution is 2.68. The van der Waals surface area contributed by atoms with E-state index in [4.69, 9.17) is 4.74 Å². The largest absolute Gasteiger partial charge is 0.463 e. The summed E-state index contributed by atoms with van der Waals surface area (Å²) in [7, 11) is 0. The standard InChI is InChI=1S/C23H38O5/c1-13(24)23(27)20(26)12-19-17-6-5-15-11-16(28-14(2)25)7-9-21(15,3)18(17)8-10-22(19,23)4/h13,15-20,24,26-27H,5-12H2,1-4H3/t13-,15-,16-,17-,18+,19-,20+,21-,22-,23+/m0/s1. The van der Waals surface area contributed by atoms with E-state index in [9.17, 15) is 20.1 Å². The molecule has 0 bridgehead atoms. The van der Waals surface area contributed by atoms with Gasteiger partial charge in [-0.15, -0.1) is 0 Å². The lowest BCUT2D eigenvalue weighted by atomic mass is 9.44. The maximum absolute atomic E-state index is 11.4. The summed E-state index contributed by atoms with van der Waals surface area (Å²) in [6.45, 7) is 7.66. The van der Waals surface area contributed by atoms with E-state index in [0.717, 1.165) is 44.9 Å². The van der Waals surface area contributed by atoms with E-state index in [2.05, 4.69) is 13.8 Å². The van der Waals surface area contributed by atoms with Gasteiger partial charge >= 0.3 is 5.97 Å². The first-order valence-electron chi connectivity index (χ1n) is 11.3. The van der Waals surface area contributed by atoms with Crippen molar-refractivity contribution in [1.82, 2.24) is 0 Å². The van der Waals surface area contributed by atoms with Crippen LogP contribution in [0.25, 0.3) is 0 Å². The fourth-order valence-electron chi connectivity index (χ4n) is 8.37. The first kappa shape index (κ1) is 20.6. The molecule has 0 aromatic carbocycles. The van der Waals surface area contributed by atoms with Crippen LogP contribution in [-0.2, 0) is 9.53 Å². The second kappa shape index (κ2) is 6.68. The Morgan fingerprint density at radius 2 is 1.79 bits per heavy atom. The topological polar surface area (TPSA) is 87.0 Å². The smallest absolute Gasteiger partial charge is 0.302 e. The van der Waals surface area contributed by atoms with Crippen molar-refractivity contribution in [3.8, 4) is 0 Å². The van der Waals surface area contributed by atoms with Gasteiger partial charge in [0.15, 0.2) is 0 Å². The van der Waals surface area contributed by atoms with Crippen molar-refractivity contribution in [1.29, 1.82) is 0 Å². The fourth-order valence-corrected chi connectivity index (χ4v) is 8.37. The molecule has 28 heavy (non-hydrogen) atoms. The second-order valence-electron chi connectivity index (χ2n) is 10.9. The predicted octanol–water partition coefficient (Wildman–Crippen LogP) is 3.04. The quantitative estimate of drug-likeness (QED) is 0.627. The van der Waals surface area contributed by atoms with Crippen LogP contribution < -0.4 is 0 Å². The highest BCUT2D eigenvalue weighted by molar-refractivity contribution is 5.66. The molecule has 0 aromatic rings.